The summed E-state index contributed by atoms with van der Waals surface area (Å²) in [6.07, 6.45) is 0. The minimum Gasteiger partial charge on any atom is -0.373 e. The molecular formula is C13H14BrN3. The van der Waals surface area contributed by atoms with Crippen LogP contribution in [0.1, 0.15) is 5.56 Å². The lowest BCUT2D eigenvalue weighted by Gasteiger charge is -2.10. The molecule has 0 radical (unpaired) electrons. The summed E-state index contributed by atoms with van der Waals surface area (Å²) in [6.45, 7) is 2.06. The molecule has 0 saturated carbocycles. The largest absolute Gasteiger partial charge is 0.373 e. The number of rotatable bonds is 3. The standard InChI is InChI=1S/C13H14BrN3/c1-9-5-3-6-10(13(9)14)16-12-8-4-7-11(15-2)17-12/h3-8H,1-2H3,(H2,15,16,17). The molecule has 1 aromatic heterocycles. The fourth-order valence-electron chi connectivity index (χ4n) is 1.53. The average Bonchev–Trinajstić information content (AvgIpc) is 2.35. The highest BCUT2D eigenvalue weighted by Crippen LogP contribution is 2.28. The number of pyridine rings is 1. The van der Waals surface area contributed by atoms with Gasteiger partial charge in [-0.25, -0.2) is 4.98 Å². The predicted molar refractivity (Wildman–Crippen MR) is 75.9 cm³/mol. The van der Waals surface area contributed by atoms with Gasteiger partial charge in [-0.2, -0.15) is 0 Å². The Balaban J connectivity index is 2.28. The maximum atomic E-state index is 4.41. The van der Waals surface area contributed by atoms with Crippen LogP contribution >= 0.6 is 15.9 Å². The predicted octanol–water partition coefficient (Wildman–Crippen LogP) is 3.94. The zero-order valence-corrected chi connectivity index (χ0v) is 11.4. The van der Waals surface area contributed by atoms with Crippen LogP contribution in [0.25, 0.3) is 0 Å². The van der Waals surface area contributed by atoms with Crippen LogP contribution in [0, 0.1) is 6.92 Å². The molecule has 88 valence electrons. The number of nitrogens with one attached hydrogen (secondary N) is 2. The molecule has 0 atom stereocenters. The zero-order valence-electron chi connectivity index (χ0n) is 9.79. The Hall–Kier alpha value is -1.55. The molecule has 17 heavy (non-hydrogen) atoms. The van der Waals surface area contributed by atoms with Crippen LogP contribution in [0.2, 0.25) is 0 Å². The van der Waals surface area contributed by atoms with E-state index in [1.807, 2.05) is 37.4 Å². The highest BCUT2D eigenvalue weighted by atomic mass is 79.9. The minimum atomic E-state index is 0.822. The van der Waals surface area contributed by atoms with Crippen LogP contribution in [-0.4, -0.2) is 12.0 Å². The Kier molecular flexibility index (Phi) is 3.64. The first-order valence-corrected chi connectivity index (χ1v) is 6.17. The lowest BCUT2D eigenvalue weighted by Crippen LogP contribution is -1.98. The first-order chi connectivity index (χ1) is 8.20. The highest BCUT2D eigenvalue weighted by Gasteiger charge is 2.03. The summed E-state index contributed by atoms with van der Waals surface area (Å²) in [5.74, 6) is 1.67. The van der Waals surface area contributed by atoms with Crippen LogP contribution in [0.3, 0.4) is 0 Å². The lowest BCUT2D eigenvalue weighted by atomic mass is 10.2. The van der Waals surface area contributed by atoms with Crippen molar-refractivity contribution in [2.45, 2.75) is 6.92 Å². The van der Waals surface area contributed by atoms with Gasteiger partial charge < -0.3 is 10.6 Å². The summed E-state index contributed by atoms with van der Waals surface area (Å²) < 4.78 is 1.07. The first kappa shape index (κ1) is 11.9. The molecule has 0 saturated heterocycles. The molecular weight excluding hydrogens is 278 g/mol. The van der Waals surface area contributed by atoms with Gasteiger partial charge in [0.25, 0.3) is 0 Å². The smallest absolute Gasteiger partial charge is 0.132 e. The number of benzene rings is 1. The van der Waals surface area contributed by atoms with E-state index < -0.39 is 0 Å². The van der Waals surface area contributed by atoms with Crippen LogP contribution in [0.5, 0.6) is 0 Å². The first-order valence-electron chi connectivity index (χ1n) is 5.37. The average molecular weight is 292 g/mol. The Labute approximate surface area is 109 Å². The van der Waals surface area contributed by atoms with Crippen molar-refractivity contribution >= 4 is 33.3 Å². The summed E-state index contributed by atoms with van der Waals surface area (Å²) in [5, 5.41) is 6.31. The third kappa shape index (κ3) is 2.77. The van der Waals surface area contributed by atoms with Crippen molar-refractivity contribution in [3.8, 4) is 0 Å². The summed E-state index contributed by atoms with van der Waals surface area (Å²) in [6, 6.07) is 11.9. The molecule has 2 N–H and O–H groups in total. The quantitative estimate of drug-likeness (QED) is 0.899. The van der Waals surface area contributed by atoms with Crippen molar-refractivity contribution in [2.75, 3.05) is 17.7 Å². The van der Waals surface area contributed by atoms with Gasteiger partial charge >= 0.3 is 0 Å². The maximum absolute atomic E-state index is 4.41. The Morgan fingerprint density at radius 3 is 2.53 bits per heavy atom. The lowest BCUT2D eigenvalue weighted by molar-refractivity contribution is 1.27. The molecule has 1 aromatic carbocycles. The van der Waals surface area contributed by atoms with Gasteiger partial charge in [0.1, 0.15) is 11.6 Å². The SMILES string of the molecule is CNc1cccc(Nc2cccc(C)c2Br)n1. The van der Waals surface area contributed by atoms with Gasteiger partial charge in [-0.3, -0.25) is 0 Å². The number of aromatic nitrogens is 1. The molecule has 1 heterocycles. The number of anilines is 3. The van der Waals surface area contributed by atoms with Gasteiger partial charge in [-0.1, -0.05) is 18.2 Å². The topological polar surface area (TPSA) is 37.0 Å². The van der Waals surface area contributed by atoms with E-state index in [9.17, 15) is 0 Å². The van der Waals surface area contributed by atoms with Gasteiger partial charge in [-0.05, 0) is 46.6 Å². The molecule has 0 fully saturated rings. The molecule has 0 aliphatic rings. The number of halogens is 1. The van der Waals surface area contributed by atoms with E-state index in [0.717, 1.165) is 21.8 Å². The summed E-state index contributed by atoms with van der Waals surface area (Å²) in [4.78, 5) is 4.41. The number of nitrogens with zero attached hydrogens (tertiary/aromatic N) is 1. The second kappa shape index (κ2) is 5.19. The fraction of sp³-hybridized carbons (Fsp3) is 0.154. The molecule has 2 rings (SSSR count). The Morgan fingerprint density at radius 2 is 1.76 bits per heavy atom. The molecule has 0 aliphatic carbocycles. The Bertz CT molecular complexity index is 526. The van der Waals surface area contributed by atoms with Crippen molar-refractivity contribution in [3.05, 3.63) is 46.4 Å². The van der Waals surface area contributed by atoms with Crippen molar-refractivity contribution in [1.82, 2.24) is 4.98 Å². The molecule has 0 aliphatic heterocycles. The van der Waals surface area contributed by atoms with Crippen molar-refractivity contribution in [2.24, 2.45) is 0 Å². The Morgan fingerprint density at radius 1 is 1.06 bits per heavy atom. The van der Waals surface area contributed by atoms with Gasteiger partial charge in [0.15, 0.2) is 0 Å². The van der Waals surface area contributed by atoms with Crippen molar-refractivity contribution in [1.29, 1.82) is 0 Å². The fourth-order valence-corrected chi connectivity index (χ4v) is 1.89. The third-order valence-electron chi connectivity index (χ3n) is 2.46. The molecule has 2 aromatic rings. The van der Waals surface area contributed by atoms with Gasteiger partial charge in [0.2, 0.25) is 0 Å². The van der Waals surface area contributed by atoms with Crippen molar-refractivity contribution < 1.29 is 0 Å². The number of aryl methyl sites for hydroxylation is 1. The second-order valence-electron chi connectivity index (χ2n) is 3.72. The second-order valence-corrected chi connectivity index (χ2v) is 4.51. The number of hydrogen-bond donors (Lipinski definition) is 2. The summed E-state index contributed by atoms with van der Waals surface area (Å²) in [7, 11) is 1.86. The normalized spacial score (nSPS) is 10.1. The summed E-state index contributed by atoms with van der Waals surface area (Å²) in [5.41, 5.74) is 2.21. The van der Waals surface area contributed by atoms with Crippen LogP contribution < -0.4 is 10.6 Å². The van der Waals surface area contributed by atoms with E-state index >= 15 is 0 Å². The summed E-state index contributed by atoms with van der Waals surface area (Å²) >= 11 is 3.57. The molecule has 4 heteroatoms. The molecule has 0 unspecified atom stereocenters. The van der Waals surface area contributed by atoms with Crippen LogP contribution in [0.4, 0.5) is 17.3 Å². The van der Waals surface area contributed by atoms with E-state index in [0.29, 0.717) is 0 Å². The van der Waals surface area contributed by atoms with Crippen molar-refractivity contribution in [3.63, 3.8) is 0 Å². The van der Waals surface area contributed by atoms with Gasteiger partial charge in [-0.15, -0.1) is 0 Å². The minimum absolute atomic E-state index is 0.822. The maximum Gasteiger partial charge on any atom is 0.132 e. The van der Waals surface area contributed by atoms with E-state index in [1.165, 1.54) is 5.56 Å². The van der Waals surface area contributed by atoms with E-state index in [1.54, 1.807) is 0 Å². The zero-order chi connectivity index (χ0) is 12.3. The molecule has 3 nitrogen and oxygen atoms in total. The van der Waals surface area contributed by atoms with Crippen LogP contribution in [-0.2, 0) is 0 Å². The monoisotopic (exact) mass is 291 g/mol. The third-order valence-corrected chi connectivity index (χ3v) is 3.51. The molecule has 0 bridgehead atoms. The number of hydrogen-bond acceptors (Lipinski definition) is 3. The van der Waals surface area contributed by atoms with E-state index in [-0.39, 0.29) is 0 Å². The highest BCUT2D eigenvalue weighted by molar-refractivity contribution is 9.10. The van der Waals surface area contributed by atoms with Gasteiger partial charge in [0, 0.05) is 11.5 Å². The van der Waals surface area contributed by atoms with E-state index in [2.05, 4.69) is 44.5 Å². The van der Waals surface area contributed by atoms with Gasteiger partial charge in [0.05, 0.1) is 5.69 Å². The molecule has 0 spiro atoms. The van der Waals surface area contributed by atoms with Crippen LogP contribution in [0.15, 0.2) is 40.9 Å². The van der Waals surface area contributed by atoms with E-state index in [4.69, 9.17) is 0 Å². The molecule has 0 amide bonds.